The van der Waals surface area contributed by atoms with Crippen LogP contribution in [0.3, 0.4) is 0 Å². The number of nitrogens with one attached hydrogen (secondary N) is 3. The molecule has 0 fully saturated rings. The van der Waals surface area contributed by atoms with Gasteiger partial charge in [-0.1, -0.05) is 20.3 Å². The van der Waals surface area contributed by atoms with E-state index in [2.05, 4.69) is 20.6 Å². The largest absolute Gasteiger partial charge is 0.480 e. The Balaban J connectivity index is 2.70. The van der Waals surface area contributed by atoms with Crippen LogP contribution < -0.4 is 22.1 Å². The van der Waals surface area contributed by atoms with Crippen LogP contribution in [0.15, 0.2) is 12.5 Å². The molecule has 0 aliphatic heterocycles. The maximum Gasteiger partial charge on any atom is 0.326 e. The Labute approximate surface area is 158 Å². The summed E-state index contributed by atoms with van der Waals surface area (Å²) in [5.74, 6) is -2.43. The van der Waals surface area contributed by atoms with Crippen LogP contribution in [0.5, 0.6) is 0 Å². The Hall–Kier alpha value is -2.46. The summed E-state index contributed by atoms with van der Waals surface area (Å²) in [7, 11) is 0. The van der Waals surface area contributed by atoms with E-state index in [0.29, 0.717) is 18.7 Å². The van der Waals surface area contributed by atoms with E-state index >= 15 is 0 Å². The van der Waals surface area contributed by atoms with Crippen molar-refractivity contribution in [1.82, 2.24) is 20.6 Å². The van der Waals surface area contributed by atoms with Crippen LogP contribution >= 0.6 is 0 Å². The van der Waals surface area contributed by atoms with Gasteiger partial charge in [0.2, 0.25) is 11.8 Å². The molecule has 1 rings (SSSR count). The fourth-order valence-electron chi connectivity index (χ4n) is 2.51. The predicted octanol–water partition coefficient (Wildman–Crippen LogP) is -0.881. The molecule has 8 N–H and O–H groups in total. The number of hydrogen-bond donors (Lipinski definition) is 6. The SMILES string of the molecule is CC(C)C(NC(=O)C(N)CCCCN)C(=O)NC(Cc1cnc[nH]1)C(=O)O. The van der Waals surface area contributed by atoms with E-state index in [4.69, 9.17) is 11.5 Å². The first-order valence-corrected chi connectivity index (χ1v) is 9.02. The topological polar surface area (TPSA) is 176 Å². The molecule has 0 radical (unpaired) electrons. The second-order valence-corrected chi connectivity index (χ2v) is 6.80. The summed E-state index contributed by atoms with van der Waals surface area (Å²) in [4.78, 5) is 42.9. The molecule has 3 unspecified atom stereocenters. The molecule has 0 aliphatic carbocycles. The van der Waals surface area contributed by atoms with Gasteiger partial charge in [0.15, 0.2) is 0 Å². The number of carboxylic acid groups (broad SMARTS) is 1. The number of aromatic amines is 1. The monoisotopic (exact) mass is 382 g/mol. The Morgan fingerprint density at radius 1 is 1.22 bits per heavy atom. The van der Waals surface area contributed by atoms with E-state index in [0.717, 1.165) is 12.8 Å². The lowest BCUT2D eigenvalue weighted by Gasteiger charge is -2.25. The summed E-state index contributed by atoms with van der Waals surface area (Å²) >= 11 is 0. The van der Waals surface area contributed by atoms with Crippen LogP contribution in [-0.2, 0) is 20.8 Å². The van der Waals surface area contributed by atoms with Crippen molar-refractivity contribution in [2.75, 3.05) is 6.54 Å². The van der Waals surface area contributed by atoms with Crippen molar-refractivity contribution in [3.05, 3.63) is 18.2 Å². The van der Waals surface area contributed by atoms with E-state index in [-0.39, 0.29) is 12.3 Å². The number of carboxylic acids is 1. The number of imidazole rings is 1. The molecular formula is C17H30N6O4. The number of rotatable bonds is 12. The van der Waals surface area contributed by atoms with Gasteiger partial charge in [-0.05, 0) is 25.3 Å². The van der Waals surface area contributed by atoms with Crippen LogP contribution in [0.2, 0.25) is 0 Å². The second kappa shape index (κ2) is 11.3. The summed E-state index contributed by atoms with van der Waals surface area (Å²) in [5.41, 5.74) is 11.9. The van der Waals surface area contributed by atoms with E-state index < -0.39 is 35.9 Å². The Bertz CT molecular complexity index is 605. The number of carbonyl (C=O) groups excluding carboxylic acids is 2. The molecule has 10 heteroatoms. The number of unbranched alkanes of at least 4 members (excludes halogenated alkanes) is 1. The lowest BCUT2D eigenvalue weighted by Crippen LogP contribution is -2.56. The van der Waals surface area contributed by atoms with Crippen LogP contribution in [0.1, 0.15) is 38.8 Å². The van der Waals surface area contributed by atoms with Crippen molar-refractivity contribution in [1.29, 1.82) is 0 Å². The number of carbonyl (C=O) groups is 3. The highest BCUT2D eigenvalue weighted by atomic mass is 16.4. The van der Waals surface area contributed by atoms with Gasteiger partial charge in [0.05, 0.1) is 12.4 Å². The normalized spacial score (nSPS) is 14.4. The summed E-state index contributed by atoms with van der Waals surface area (Å²) in [6.45, 7) is 4.04. The van der Waals surface area contributed by atoms with E-state index in [9.17, 15) is 19.5 Å². The van der Waals surface area contributed by atoms with Crippen molar-refractivity contribution in [3.63, 3.8) is 0 Å². The molecule has 152 valence electrons. The fraction of sp³-hybridized carbons (Fsp3) is 0.647. The molecule has 1 aromatic rings. The molecule has 0 bridgehead atoms. The summed E-state index contributed by atoms with van der Waals surface area (Å²) < 4.78 is 0. The Morgan fingerprint density at radius 3 is 2.44 bits per heavy atom. The molecule has 1 heterocycles. The number of aromatic nitrogens is 2. The molecular weight excluding hydrogens is 352 g/mol. The minimum absolute atomic E-state index is 0.0540. The van der Waals surface area contributed by atoms with Crippen LogP contribution in [0, 0.1) is 5.92 Å². The van der Waals surface area contributed by atoms with Crippen molar-refractivity contribution < 1.29 is 19.5 Å². The lowest BCUT2D eigenvalue weighted by molar-refractivity contribution is -0.142. The highest BCUT2D eigenvalue weighted by molar-refractivity contribution is 5.91. The minimum Gasteiger partial charge on any atom is -0.480 e. The van der Waals surface area contributed by atoms with Crippen molar-refractivity contribution in [2.45, 2.75) is 57.7 Å². The van der Waals surface area contributed by atoms with Crippen molar-refractivity contribution in [2.24, 2.45) is 17.4 Å². The van der Waals surface area contributed by atoms with Gasteiger partial charge in [-0.2, -0.15) is 0 Å². The van der Waals surface area contributed by atoms with Crippen molar-refractivity contribution >= 4 is 17.8 Å². The van der Waals surface area contributed by atoms with Gasteiger partial charge < -0.3 is 32.2 Å². The zero-order valence-electron chi connectivity index (χ0n) is 15.8. The molecule has 0 spiro atoms. The summed E-state index contributed by atoms with van der Waals surface area (Å²) in [5, 5.41) is 14.5. The molecule has 0 saturated heterocycles. The van der Waals surface area contributed by atoms with Gasteiger partial charge in [0, 0.05) is 18.3 Å². The van der Waals surface area contributed by atoms with Gasteiger partial charge in [-0.3, -0.25) is 9.59 Å². The van der Waals surface area contributed by atoms with Crippen LogP contribution in [-0.4, -0.2) is 57.5 Å². The van der Waals surface area contributed by atoms with Gasteiger partial charge in [-0.25, -0.2) is 9.78 Å². The zero-order valence-corrected chi connectivity index (χ0v) is 15.8. The number of nitrogens with zero attached hydrogens (tertiary/aromatic N) is 1. The first-order chi connectivity index (χ1) is 12.8. The molecule has 3 atom stereocenters. The van der Waals surface area contributed by atoms with Gasteiger partial charge >= 0.3 is 5.97 Å². The quantitative estimate of drug-likeness (QED) is 0.254. The lowest BCUT2D eigenvalue weighted by atomic mass is 10.0. The molecule has 2 amide bonds. The first-order valence-electron chi connectivity index (χ1n) is 9.02. The standard InChI is InChI=1S/C17H30N6O4/c1-10(2)14(23-15(24)12(19)5-3-4-6-18)16(25)22-13(17(26)27)7-11-8-20-9-21-11/h8-10,12-14H,3-7,18-19H2,1-2H3,(H,20,21)(H,22,25)(H,23,24)(H,26,27). The van der Waals surface area contributed by atoms with E-state index in [1.54, 1.807) is 13.8 Å². The first kappa shape index (κ1) is 22.6. The van der Waals surface area contributed by atoms with Crippen LogP contribution in [0.4, 0.5) is 0 Å². The Morgan fingerprint density at radius 2 is 1.93 bits per heavy atom. The number of hydrogen-bond acceptors (Lipinski definition) is 6. The summed E-state index contributed by atoms with van der Waals surface area (Å²) in [6.07, 6.45) is 4.92. The Kier molecular flexibility index (Phi) is 9.45. The molecule has 0 aromatic carbocycles. The van der Waals surface area contributed by atoms with E-state index in [1.807, 2.05) is 0 Å². The highest BCUT2D eigenvalue weighted by Gasteiger charge is 2.30. The number of aliphatic carboxylic acids is 1. The average Bonchev–Trinajstić information content (AvgIpc) is 3.11. The predicted molar refractivity (Wildman–Crippen MR) is 99.5 cm³/mol. The number of H-pyrrole nitrogens is 1. The molecule has 10 nitrogen and oxygen atoms in total. The van der Waals surface area contributed by atoms with Crippen LogP contribution in [0.25, 0.3) is 0 Å². The van der Waals surface area contributed by atoms with Gasteiger partial charge in [0.1, 0.15) is 12.1 Å². The zero-order chi connectivity index (χ0) is 20.4. The van der Waals surface area contributed by atoms with Gasteiger partial charge in [-0.15, -0.1) is 0 Å². The third-order valence-electron chi connectivity index (χ3n) is 4.15. The third-order valence-corrected chi connectivity index (χ3v) is 4.15. The second-order valence-electron chi connectivity index (χ2n) is 6.80. The molecule has 1 aromatic heterocycles. The van der Waals surface area contributed by atoms with Gasteiger partial charge in [0.25, 0.3) is 0 Å². The smallest absolute Gasteiger partial charge is 0.326 e. The van der Waals surface area contributed by atoms with Crippen molar-refractivity contribution in [3.8, 4) is 0 Å². The molecule has 27 heavy (non-hydrogen) atoms. The third kappa shape index (κ3) is 7.75. The fourth-order valence-corrected chi connectivity index (χ4v) is 2.51. The average molecular weight is 382 g/mol. The van der Waals surface area contributed by atoms with E-state index in [1.165, 1.54) is 12.5 Å². The maximum absolute atomic E-state index is 12.6. The number of nitrogens with two attached hydrogens (primary N) is 2. The molecule has 0 saturated carbocycles. The maximum atomic E-state index is 12.6. The molecule has 0 aliphatic rings. The minimum atomic E-state index is -1.18. The summed E-state index contributed by atoms with van der Waals surface area (Å²) in [6, 6.07) is -2.78. The highest BCUT2D eigenvalue weighted by Crippen LogP contribution is 2.06. The number of amides is 2.